The number of rotatable bonds is 0. The van der Waals surface area contributed by atoms with Gasteiger partial charge < -0.3 is 0 Å². The van der Waals surface area contributed by atoms with Crippen molar-refractivity contribution >= 4 is 0 Å². The summed E-state index contributed by atoms with van der Waals surface area (Å²) >= 11 is 0. The molecule has 1 heteroatoms. The molecule has 0 atom stereocenters. The van der Waals surface area contributed by atoms with Gasteiger partial charge in [0.2, 0.25) is 0 Å². The first-order valence-electron chi connectivity index (χ1n) is 6.60. The van der Waals surface area contributed by atoms with Gasteiger partial charge in [0.1, 0.15) is 0 Å². The first-order valence-corrected chi connectivity index (χ1v) is 6.60. The minimum atomic E-state index is 0. The van der Waals surface area contributed by atoms with Crippen molar-refractivity contribution in [3.05, 3.63) is 48.6 Å². The Labute approximate surface area is 120 Å². The van der Waals surface area contributed by atoms with Crippen LogP contribution in [0.3, 0.4) is 0 Å². The van der Waals surface area contributed by atoms with Crippen LogP contribution in [0.4, 0.5) is 0 Å². The van der Waals surface area contributed by atoms with Crippen molar-refractivity contribution in [2.45, 2.75) is 51.4 Å². The van der Waals surface area contributed by atoms with Gasteiger partial charge in [-0.15, -0.1) is 0 Å². The van der Waals surface area contributed by atoms with Crippen molar-refractivity contribution in [3.63, 3.8) is 0 Å². The third-order valence-electron chi connectivity index (χ3n) is 2.67. The van der Waals surface area contributed by atoms with Crippen molar-refractivity contribution < 1.29 is 20.4 Å². The van der Waals surface area contributed by atoms with E-state index < -0.39 is 0 Å². The van der Waals surface area contributed by atoms with Gasteiger partial charge in [-0.1, -0.05) is 48.6 Å². The van der Waals surface area contributed by atoms with Crippen molar-refractivity contribution in [1.82, 2.24) is 0 Å². The van der Waals surface area contributed by atoms with Gasteiger partial charge >= 0.3 is 20.4 Å². The van der Waals surface area contributed by atoms with E-state index >= 15 is 0 Å². The standard InChI is InChI=1S/2C8H12.Pd/c2*1-2-4-6-8-7-5-3-1;/h2*1-2,7-8H,3-6H2;/q;;+2. The monoisotopic (exact) mass is 322 g/mol. The Morgan fingerprint density at radius 1 is 0.294 bits per heavy atom. The summed E-state index contributed by atoms with van der Waals surface area (Å²) < 4.78 is 0. The third kappa shape index (κ3) is 11.9. The molecule has 0 heterocycles. The number of hydrogen-bond acceptors (Lipinski definition) is 0. The molecule has 0 aliphatic heterocycles. The van der Waals surface area contributed by atoms with E-state index in [1.54, 1.807) is 0 Å². The van der Waals surface area contributed by atoms with Gasteiger partial charge in [-0.25, -0.2) is 0 Å². The molecule has 0 nitrogen and oxygen atoms in total. The maximum Gasteiger partial charge on any atom is 2.00 e. The zero-order valence-electron chi connectivity index (χ0n) is 10.6. The number of hydrogen-bond donors (Lipinski definition) is 0. The Morgan fingerprint density at radius 3 is 0.529 bits per heavy atom. The van der Waals surface area contributed by atoms with Gasteiger partial charge in [-0.2, -0.15) is 0 Å². The molecule has 0 aromatic heterocycles. The summed E-state index contributed by atoms with van der Waals surface area (Å²) in [6, 6.07) is 0. The molecule has 0 fully saturated rings. The fourth-order valence-corrected chi connectivity index (χ4v) is 1.71. The summed E-state index contributed by atoms with van der Waals surface area (Å²) in [5.41, 5.74) is 0. The van der Waals surface area contributed by atoms with Crippen molar-refractivity contribution in [3.8, 4) is 0 Å². The Hall–Kier alpha value is -0.378. The van der Waals surface area contributed by atoms with E-state index in [1.807, 2.05) is 0 Å². The van der Waals surface area contributed by atoms with Gasteiger partial charge in [0.05, 0.1) is 0 Å². The predicted octanol–water partition coefficient (Wildman–Crippen LogP) is 5.34. The van der Waals surface area contributed by atoms with Crippen LogP contribution < -0.4 is 0 Å². The molecular formula is C16H24Pd+2. The fraction of sp³-hybridized carbons (Fsp3) is 0.500. The van der Waals surface area contributed by atoms with Crippen molar-refractivity contribution in [2.75, 3.05) is 0 Å². The average molecular weight is 323 g/mol. The molecule has 0 amide bonds. The van der Waals surface area contributed by atoms with Crippen LogP contribution in [-0.4, -0.2) is 0 Å². The van der Waals surface area contributed by atoms with E-state index in [-0.39, 0.29) is 20.4 Å². The Bertz CT molecular complexity index is 179. The fourth-order valence-electron chi connectivity index (χ4n) is 1.71. The second kappa shape index (κ2) is 13.7. The molecule has 0 N–H and O–H groups in total. The van der Waals surface area contributed by atoms with Crippen LogP contribution in [0, 0.1) is 0 Å². The SMILES string of the molecule is C1=CCCC=CCC1.C1=CCCC=CCC1.[Pd+2]. The summed E-state index contributed by atoms with van der Waals surface area (Å²) in [7, 11) is 0. The van der Waals surface area contributed by atoms with Gasteiger partial charge in [0, 0.05) is 0 Å². The number of allylic oxidation sites excluding steroid dienone is 8. The first-order chi connectivity index (χ1) is 8.00. The minimum Gasteiger partial charge on any atom is -0.0882 e. The van der Waals surface area contributed by atoms with Crippen LogP contribution in [-0.2, 0) is 20.4 Å². The maximum absolute atomic E-state index is 2.27. The van der Waals surface area contributed by atoms with E-state index in [4.69, 9.17) is 0 Å². The van der Waals surface area contributed by atoms with Crippen LogP contribution in [0.15, 0.2) is 48.6 Å². The van der Waals surface area contributed by atoms with Crippen molar-refractivity contribution in [1.29, 1.82) is 0 Å². The van der Waals surface area contributed by atoms with E-state index in [9.17, 15) is 0 Å². The second-order valence-electron chi connectivity index (χ2n) is 4.20. The Kier molecular flexibility index (Phi) is 13.4. The molecule has 0 saturated carbocycles. The summed E-state index contributed by atoms with van der Waals surface area (Å²) in [5, 5.41) is 0. The normalized spacial score (nSPS) is 18.8. The molecule has 0 unspecified atom stereocenters. The summed E-state index contributed by atoms with van der Waals surface area (Å²) in [5.74, 6) is 0. The molecule has 2 aliphatic carbocycles. The molecule has 2 rings (SSSR count). The van der Waals surface area contributed by atoms with Crippen LogP contribution in [0.5, 0.6) is 0 Å². The van der Waals surface area contributed by atoms with Crippen LogP contribution in [0.2, 0.25) is 0 Å². The van der Waals surface area contributed by atoms with Gasteiger partial charge in [-0.3, -0.25) is 0 Å². The maximum atomic E-state index is 2.27. The van der Waals surface area contributed by atoms with Crippen molar-refractivity contribution in [2.24, 2.45) is 0 Å². The molecule has 0 spiro atoms. The van der Waals surface area contributed by atoms with Crippen LogP contribution in [0.25, 0.3) is 0 Å². The van der Waals surface area contributed by atoms with Gasteiger partial charge in [0.15, 0.2) is 0 Å². The summed E-state index contributed by atoms with van der Waals surface area (Å²) in [4.78, 5) is 0. The predicted molar refractivity (Wildman–Crippen MR) is 73.5 cm³/mol. The van der Waals surface area contributed by atoms with Crippen LogP contribution in [0.1, 0.15) is 51.4 Å². The van der Waals surface area contributed by atoms with Crippen LogP contribution >= 0.6 is 0 Å². The third-order valence-corrected chi connectivity index (χ3v) is 2.67. The molecule has 96 valence electrons. The quantitative estimate of drug-likeness (QED) is 0.417. The zero-order valence-corrected chi connectivity index (χ0v) is 12.1. The molecule has 17 heavy (non-hydrogen) atoms. The molecule has 0 radical (unpaired) electrons. The van der Waals surface area contributed by atoms with Gasteiger partial charge in [0.25, 0.3) is 0 Å². The molecule has 0 saturated heterocycles. The molecule has 2 aliphatic rings. The van der Waals surface area contributed by atoms with Gasteiger partial charge in [-0.05, 0) is 51.4 Å². The molecule has 0 aromatic rings. The smallest absolute Gasteiger partial charge is 0.0882 e. The second-order valence-corrected chi connectivity index (χ2v) is 4.20. The first kappa shape index (κ1) is 16.6. The Balaban J connectivity index is 0.000000284. The molecule has 0 aromatic carbocycles. The topological polar surface area (TPSA) is 0 Å². The van der Waals surface area contributed by atoms with E-state index in [1.165, 1.54) is 51.4 Å². The van der Waals surface area contributed by atoms with E-state index in [0.717, 1.165) is 0 Å². The summed E-state index contributed by atoms with van der Waals surface area (Å²) in [6.45, 7) is 0. The largest absolute Gasteiger partial charge is 2.00 e. The zero-order chi connectivity index (χ0) is 11.3. The minimum absolute atomic E-state index is 0. The summed E-state index contributed by atoms with van der Waals surface area (Å²) in [6.07, 6.45) is 28.0. The Morgan fingerprint density at radius 2 is 0.412 bits per heavy atom. The average Bonchev–Trinajstić information content (AvgIpc) is 2.15. The van der Waals surface area contributed by atoms with E-state index in [0.29, 0.717) is 0 Å². The molecular weight excluding hydrogens is 299 g/mol. The van der Waals surface area contributed by atoms with E-state index in [2.05, 4.69) is 48.6 Å². The molecule has 0 bridgehead atoms.